The summed E-state index contributed by atoms with van der Waals surface area (Å²) in [5, 5.41) is 0. The second-order valence-electron chi connectivity index (χ2n) is 5.80. The average Bonchev–Trinajstić information content (AvgIpc) is 2.66. The summed E-state index contributed by atoms with van der Waals surface area (Å²) in [5.74, 6) is 0. The Balaban J connectivity index is 2.39. The van der Waals surface area contributed by atoms with Crippen LogP contribution in [-0.4, -0.2) is 12.3 Å². The highest BCUT2D eigenvalue weighted by Crippen LogP contribution is 2.31. The van der Waals surface area contributed by atoms with Crippen LogP contribution in [0.2, 0.25) is 0 Å². The molecule has 0 spiro atoms. The Morgan fingerprint density at radius 3 is 2.62 bits per heavy atom. The van der Waals surface area contributed by atoms with Crippen LogP contribution in [-0.2, 0) is 0 Å². The van der Waals surface area contributed by atoms with Crippen LogP contribution in [0.25, 0.3) is 5.57 Å². The number of nitrogens with zero attached hydrogens (tertiary/aromatic N) is 1. The van der Waals surface area contributed by atoms with E-state index in [1.165, 1.54) is 27.9 Å². The van der Waals surface area contributed by atoms with Gasteiger partial charge >= 0.3 is 0 Å². The first-order valence-electron chi connectivity index (χ1n) is 7.80. The smallest absolute Gasteiger partial charge is 0.0469 e. The summed E-state index contributed by atoms with van der Waals surface area (Å²) < 4.78 is 0. The first-order valence-corrected chi connectivity index (χ1v) is 7.80. The van der Waals surface area contributed by atoms with Crippen LogP contribution < -0.4 is 0 Å². The van der Waals surface area contributed by atoms with Gasteiger partial charge in [-0.3, -0.25) is 4.99 Å². The molecule has 1 atom stereocenters. The van der Waals surface area contributed by atoms with Gasteiger partial charge in [-0.25, -0.2) is 0 Å². The zero-order chi connectivity index (χ0) is 15.2. The number of benzene rings is 1. The van der Waals surface area contributed by atoms with Gasteiger partial charge in [-0.05, 0) is 61.5 Å². The molecule has 21 heavy (non-hydrogen) atoms. The van der Waals surface area contributed by atoms with E-state index < -0.39 is 0 Å². The van der Waals surface area contributed by atoms with Gasteiger partial charge in [-0.1, -0.05) is 49.4 Å². The second-order valence-corrected chi connectivity index (χ2v) is 5.80. The van der Waals surface area contributed by atoms with E-state index in [4.69, 9.17) is 0 Å². The van der Waals surface area contributed by atoms with Crippen molar-refractivity contribution in [2.24, 2.45) is 4.99 Å². The lowest BCUT2D eigenvalue weighted by Gasteiger charge is -2.09. The van der Waals surface area contributed by atoms with Gasteiger partial charge in [0.1, 0.15) is 0 Å². The van der Waals surface area contributed by atoms with E-state index in [0.717, 1.165) is 19.3 Å². The van der Waals surface area contributed by atoms with Crippen molar-refractivity contribution in [3.63, 3.8) is 0 Å². The zero-order valence-electron chi connectivity index (χ0n) is 13.4. The van der Waals surface area contributed by atoms with Crippen LogP contribution in [0.3, 0.4) is 0 Å². The monoisotopic (exact) mass is 279 g/mol. The van der Waals surface area contributed by atoms with Crippen molar-refractivity contribution in [1.29, 1.82) is 0 Å². The molecule has 0 fully saturated rings. The van der Waals surface area contributed by atoms with Gasteiger partial charge in [0.05, 0.1) is 0 Å². The Hall–Kier alpha value is -1.89. The fraction of sp³-hybridized carbons (Fsp3) is 0.350. The van der Waals surface area contributed by atoms with Crippen LogP contribution in [0, 0.1) is 0 Å². The van der Waals surface area contributed by atoms with E-state index in [-0.39, 0.29) is 0 Å². The number of rotatable bonds is 4. The van der Waals surface area contributed by atoms with Gasteiger partial charge in [0.2, 0.25) is 0 Å². The van der Waals surface area contributed by atoms with E-state index in [1.807, 2.05) is 6.21 Å². The summed E-state index contributed by atoms with van der Waals surface area (Å²) in [7, 11) is 0. The molecule has 0 N–H and O–H groups in total. The van der Waals surface area contributed by atoms with Gasteiger partial charge in [0.25, 0.3) is 0 Å². The van der Waals surface area contributed by atoms with Crippen LogP contribution >= 0.6 is 0 Å². The third-order valence-electron chi connectivity index (χ3n) is 4.12. The van der Waals surface area contributed by atoms with Crippen molar-refractivity contribution in [2.45, 2.75) is 46.1 Å². The van der Waals surface area contributed by atoms with E-state index in [1.54, 1.807) is 0 Å². The van der Waals surface area contributed by atoms with Crippen LogP contribution in [0.15, 0.2) is 64.7 Å². The van der Waals surface area contributed by atoms with Crippen molar-refractivity contribution >= 4 is 11.8 Å². The first-order chi connectivity index (χ1) is 10.1. The molecule has 1 aromatic rings. The summed E-state index contributed by atoms with van der Waals surface area (Å²) in [5.41, 5.74) is 6.35. The third-order valence-corrected chi connectivity index (χ3v) is 4.12. The predicted octanol–water partition coefficient (Wildman–Crippen LogP) is 5.61. The molecule has 1 nitrogen and oxygen atoms in total. The SMILES string of the molecule is C=C1CCC(C)=C(C=NC(C)CC)C=C1c1ccccc1. The Morgan fingerprint density at radius 1 is 1.24 bits per heavy atom. The molecule has 0 aromatic heterocycles. The Morgan fingerprint density at radius 2 is 1.95 bits per heavy atom. The highest BCUT2D eigenvalue weighted by molar-refractivity contribution is 5.91. The molecule has 1 aliphatic rings. The maximum absolute atomic E-state index is 4.65. The number of hydrogen-bond donors (Lipinski definition) is 0. The molecule has 0 amide bonds. The minimum Gasteiger partial charge on any atom is -0.290 e. The van der Waals surface area contributed by atoms with Gasteiger partial charge in [0.15, 0.2) is 0 Å². The third kappa shape index (κ3) is 4.04. The minimum absolute atomic E-state index is 0.380. The number of hydrogen-bond acceptors (Lipinski definition) is 1. The molecule has 0 heterocycles. The Labute approximate surface area is 128 Å². The number of aliphatic imine (C=N–C) groups is 1. The topological polar surface area (TPSA) is 12.4 Å². The lowest BCUT2D eigenvalue weighted by atomic mass is 9.96. The largest absolute Gasteiger partial charge is 0.290 e. The van der Waals surface area contributed by atoms with Gasteiger partial charge in [0, 0.05) is 12.3 Å². The van der Waals surface area contributed by atoms with Crippen molar-refractivity contribution in [3.8, 4) is 0 Å². The van der Waals surface area contributed by atoms with Crippen molar-refractivity contribution in [2.75, 3.05) is 0 Å². The molecule has 0 saturated heterocycles. The lowest BCUT2D eigenvalue weighted by Crippen LogP contribution is -1.96. The highest BCUT2D eigenvalue weighted by Gasteiger charge is 2.12. The Bertz CT molecular complexity index is 588. The maximum Gasteiger partial charge on any atom is 0.0469 e. The van der Waals surface area contributed by atoms with Gasteiger partial charge in [-0.15, -0.1) is 0 Å². The highest BCUT2D eigenvalue weighted by atomic mass is 14.7. The minimum atomic E-state index is 0.380. The molecule has 0 bridgehead atoms. The van der Waals surface area contributed by atoms with Gasteiger partial charge in [-0.2, -0.15) is 0 Å². The molecule has 1 unspecified atom stereocenters. The molecule has 1 aliphatic carbocycles. The summed E-state index contributed by atoms with van der Waals surface area (Å²) in [6.07, 6.45) is 7.46. The van der Waals surface area contributed by atoms with E-state index in [9.17, 15) is 0 Å². The fourth-order valence-electron chi connectivity index (χ4n) is 2.36. The summed E-state index contributed by atoms with van der Waals surface area (Å²) in [4.78, 5) is 4.65. The standard InChI is InChI=1S/C20H25N/c1-5-17(4)21-14-19-13-20(16(3)12-11-15(19)2)18-9-7-6-8-10-18/h6-10,13-14,17H,3,5,11-12H2,1-2,4H3. The zero-order valence-corrected chi connectivity index (χ0v) is 13.4. The predicted molar refractivity (Wildman–Crippen MR) is 93.7 cm³/mol. The summed E-state index contributed by atoms with van der Waals surface area (Å²) in [6.45, 7) is 10.8. The molecule has 0 aliphatic heterocycles. The molecule has 2 rings (SSSR count). The molecule has 1 aromatic carbocycles. The van der Waals surface area contributed by atoms with Crippen LogP contribution in [0.5, 0.6) is 0 Å². The van der Waals surface area contributed by atoms with Crippen LogP contribution in [0.1, 0.15) is 45.6 Å². The van der Waals surface area contributed by atoms with Crippen molar-refractivity contribution in [3.05, 3.63) is 65.3 Å². The normalized spacial score (nSPS) is 17.9. The van der Waals surface area contributed by atoms with Crippen molar-refractivity contribution in [1.82, 2.24) is 0 Å². The molecule has 1 heteroatoms. The summed E-state index contributed by atoms with van der Waals surface area (Å²) in [6, 6.07) is 10.9. The number of allylic oxidation sites excluding steroid dienone is 5. The summed E-state index contributed by atoms with van der Waals surface area (Å²) >= 11 is 0. The Kier molecular flexibility index (Phi) is 5.32. The van der Waals surface area contributed by atoms with Crippen LogP contribution in [0.4, 0.5) is 0 Å². The van der Waals surface area contributed by atoms with E-state index >= 15 is 0 Å². The average molecular weight is 279 g/mol. The van der Waals surface area contributed by atoms with Gasteiger partial charge < -0.3 is 0 Å². The molecule has 0 radical (unpaired) electrons. The molecular formula is C20H25N. The molecular weight excluding hydrogens is 254 g/mol. The lowest BCUT2D eigenvalue weighted by molar-refractivity contribution is 0.720. The quantitative estimate of drug-likeness (QED) is 0.636. The molecule has 110 valence electrons. The second kappa shape index (κ2) is 7.21. The maximum atomic E-state index is 4.65. The first kappa shape index (κ1) is 15.5. The van der Waals surface area contributed by atoms with Crippen molar-refractivity contribution < 1.29 is 0 Å². The fourth-order valence-corrected chi connectivity index (χ4v) is 2.36. The molecule has 0 saturated carbocycles. The van der Waals surface area contributed by atoms with E-state index in [2.05, 4.69) is 68.8 Å². The van der Waals surface area contributed by atoms with E-state index in [0.29, 0.717) is 6.04 Å².